The number of H-pyrrole nitrogens is 1. The maximum Gasteiger partial charge on any atom is 0.266 e. The fourth-order valence-electron chi connectivity index (χ4n) is 3.75. The quantitative estimate of drug-likeness (QED) is 0.718. The maximum atomic E-state index is 12.9. The number of fused-ring (bicyclic) bond motifs is 4. The summed E-state index contributed by atoms with van der Waals surface area (Å²) in [6.45, 7) is 0.372. The Morgan fingerprint density at radius 1 is 1.15 bits per heavy atom. The molecule has 1 atom stereocenters. The lowest BCUT2D eigenvalue weighted by atomic mass is 9.94. The first-order valence-electron chi connectivity index (χ1n) is 8.47. The summed E-state index contributed by atoms with van der Waals surface area (Å²) < 4.78 is 5.19. The van der Waals surface area contributed by atoms with Gasteiger partial charge in [-0.15, -0.1) is 0 Å². The molecule has 0 aliphatic carbocycles. The van der Waals surface area contributed by atoms with Crippen LogP contribution in [0.5, 0.6) is 0 Å². The van der Waals surface area contributed by atoms with Crippen molar-refractivity contribution >= 4 is 28.9 Å². The van der Waals surface area contributed by atoms with Gasteiger partial charge in [-0.1, -0.05) is 18.2 Å². The number of rotatable bonds is 2. The summed E-state index contributed by atoms with van der Waals surface area (Å²) in [4.78, 5) is 30.5. The molecule has 0 saturated carbocycles. The Morgan fingerprint density at radius 2 is 2.04 bits per heavy atom. The number of piperazine rings is 1. The average Bonchev–Trinajstić information content (AvgIpc) is 3.29. The van der Waals surface area contributed by atoms with Crippen LogP contribution in [0, 0.1) is 0 Å². The van der Waals surface area contributed by atoms with E-state index in [2.05, 4.69) is 10.1 Å². The zero-order chi connectivity index (χ0) is 17.7. The standard InChI is InChI=1S/C19H16N4O3/c24-18-11-23(20-9-12-4-3-7-26-12)19(25)17-8-14-13-5-1-2-6-15(13)21-16(14)10-22(17)18/h1-7,9,17,21H,8,10-11H2/b20-9+/t17-/m1/s1. The van der Waals surface area contributed by atoms with Gasteiger partial charge in [0.25, 0.3) is 5.91 Å². The molecule has 0 spiro atoms. The van der Waals surface area contributed by atoms with Crippen molar-refractivity contribution in [1.82, 2.24) is 14.9 Å². The second-order valence-electron chi connectivity index (χ2n) is 6.53. The smallest absolute Gasteiger partial charge is 0.266 e. The van der Waals surface area contributed by atoms with E-state index >= 15 is 0 Å². The second kappa shape index (κ2) is 5.59. The molecule has 1 N–H and O–H groups in total. The Morgan fingerprint density at radius 3 is 2.88 bits per heavy atom. The van der Waals surface area contributed by atoms with Crippen LogP contribution in [0.4, 0.5) is 0 Å². The Labute approximate surface area is 148 Å². The summed E-state index contributed by atoms with van der Waals surface area (Å²) in [5, 5.41) is 6.52. The van der Waals surface area contributed by atoms with E-state index in [1.165, 1.54) is 17.5 Å². The molecule has 0 bridgehead atoms. The van der Waals surface area contributed by atoms with Crippen molar-refractivity contribution in [2.24, 2.45) is 5.10 Å². The van der Waals surface area contributed by atoms with Gasteiger partial charge in [0.05, 0.1) is 19.0 Å². The molecule has 4 heterocycles. The Balaban J connectivity index is 1.48. The lowest BCUT2D eigenvalue weighted by molar-refractivity contribution is -0.157. The van der Waals surface area contributed by atoms with Crippen molar-refractivity contribution < 1.29 is 14.0 Å². The van der Waals surface area contributed by atoms with E-state index < -0.39 is 6.04 Å². The topological polar surface area (TPSA) is 81.9 Å². The van der Waals surface area contributed by atoms with E-state index in [9.17, 15) is 9.59 Å². The van der Waals surface area contributed by atoms with Gasteiger partial charge in [0.15, 0.2) is 0 Å². The minimum atomic E-state index is -0.517. The zero-order valence-electron chi connectivity index (χ0n) is 13.9. The van der Waals surface area contributed by atoms with Crippen LogP contribution < -0.4 is 0 Å². The monoisotopic (exact) mass is 348 g/mol. The molecule has 2 aliphatic heterocycles. The van der Waals surface area contributed by atoms with Gasteiger partial charge in [-0.05, 0) is 23.8 Å². The molecule has 130 valence electrons. The van der Waals surface area contributed by atoms with Crippen LogP contribution in [0.25, 0.3) is 10.9 Å². The summed E-state index contributed by atoms with van der Waals surface area (Å²) in [5.74, 6) is 0.272. The average molecular weight is 348 g/mol. The molecule has 1 fully saturated rings. The third kappa shape index (κ3) is 2.24. The van der Waals surface area contributed by atoms with E-state index in [0.29, 0.717) is 18.7 Å². The Kier molecular flexibility index (Phi) is 3.21. The molecule has 26 heavy (non-hydrogen) atoms. The Bertz CT molecular complexity index is 1030. The molecule has 3 aromatic rings. The number of benzene rings is 1. The van der Waals surface area contributed by atoms with Gasteiger partial charge < -0.3 is 14.3 Å². The normalized spacial score (nSPS) is 20.1. The second-order valence-corrected chi connectivity index (χ2v) is 6.53. The van der Waals surface area contributed by atoms with Crippen LogP contribution in [0.3, 0.4) is 0 Å². The van der Waals surface area contributed by atoms with E-state index in [1.54, 1.807) is 17.0 Å². The van der Waals surface area contributed by atoms with Crippen molar-refractivity contribution in [3.05, 3.63) is 59.7 Å². The third-order valence-electron chi connectivity index (χ3n) is 5.02. The maximum absolute atomic E-state index is 12.9. The molecule has 1 aromatic carbocycles. The first-order valence-corrected chi connectivity index (χ1v) is 8.47. The zero-order valence-corrected chi connectivity index (χ0v) is 13.9. The summed E-state index contributed by atoms with van der Waals surface area (Å²) in [5.41, 5.74) is 3.15. The van der Waals surface area contributed by atoms with Gasteiger partial charge in [-0.2, -0.15) is 5.10 Å². The third-order valence-corrected chi connectivity index (χ3v) is 5.02. The van der Waals surface area contributed by atoms with Crippen LogP contribution in [0.2, 0.25) is 0 Å². The van der Waals surface area contributed by atoms with Crippen molar-refractivity contribution in [3.63, 3.8) is 0 Å². The molecule has 7 nitrogen and oxygen atoms in total. The summed E-state index contributed by atoms with van der Waals surface area (Å²) in [6.07, 6.45) is 3.49. The number of furan rings is 1. The number of aromatic amines is 1. The number of nitrogens with zero attached hydrogens (tertiary/aromatic N) is 3. The van der Waals surface area contributed by atoms with Gasteiger partial charge in [-0.25, -0.2) is 5.01 Å². The van der Waals surface area contributed by atoms with Crippen LogP contribution in [-0.2, 0) is 22.6 Å². The first kappa shape index (κ1) is 14.9. The number of hydrogen-bond donors (Lipinski definition) is 1. The van der Waals surface area contributed by atoms with Crippen molar-refractivity contribution in [2.45, 2.75) is 19.0 Å². The molecule has 5 rings (SSSR count). The van der Waals surface area contributed by atoms with Gasteiger partial charge in [-0.3, -0.25) is 9.59 Å². The number of hydrogen-bond acceptors (Lipinski definition) is 4. The van der Waals surface area contributed by atoms with E-state index in [4.69, 9.17) is 4.42 Å². The fourth-order valence-corrected chi connectivity index (χ4v) is 3.75. The highest BCUT2D eigenvalue weighted by atomic mass is 16.3. The van der Waals surface area contributed by atoms with E-state index in [0.717, 1.165) is 22.2 Å². The van der Waals surface area contributed by atoms with E-state index in [1.807, 2.05) is 24.3 Å². The summed E-state index contributed by atoms with van der Waals surface area (Å²) >= 11 is 0. The number of amides is 2. The van der Waals surface area contributed by atoms with Crippen molar-refractivity contribution in [1.29, 1.82) is 0 Å². The molecule has 2 aromatic heterocycles. The highest BCUT2D eigenvalue weighted by Crippen LogP contribution is 2.32. The molecule has 0 unspecified atom stereocenters. The predicted molar refractivity (Wildman–Crippen MR) is 94.4 cm³/mol. The molecular formula is C19H16N4O3. The molecule has 2 amide bonds. The molecular weight excluding hydrogens is 332 g/mol. The first-order chi connectivity index (χ1) is 12.7. The molecule has 7 heteroatoms. The van der Waals surface area contributed by atoms with Crippen molar-refractivity contribution in [2.75, 3.05) is 6.54 Å². The van der Waals surface area contributed by atoms with Gasteiger partial charge in [0, 0.05) is 23.0 Å². The number of carbonyl (C=O) groups excluding carboxylic acids is 2. The van der Waals surface area contributed by atoms with Gasteiger partial charge >= 0.3 is 0 Å². The largest absolute Gasteiger partial charge is 0.463 e. The highest BCUT2D eigenvalue weighted by Gasteiger charge is 2.43. The minimum Gasteiger partial charge on any atom is -0.463 e. The lowest BCUT2D eigenvalue weighted by Crippen LogP contribution is -2.60. The van der Waals surface area contributed by atoms with Crippen LogP contribution >= 0.6 is 0 Å². The minimum absolute atomic E-state index is 0.0535. The number of aromatic nitrogens is 1. The van der Waals surface area contributed by atoms with Crippen molar-refractivity contribution in [3.8, 4) is 0 Å². The van der Waals surface area contributed by atoms with Crippen LogP contribution in [0.15, 0.2) is 52.2 Å². The van der Waals surface area contributed by atoms with Crippen LogP contribution in [0.1, 0.15) is 17.0 Å². The summed E-state index contributed by atoms with van der Waals surface area (Å²) in [7, 11) is 0. The fraction of sp³-hybridized carbons (Fsp3) is 0.211. The summed E-state index contributed by atoms with van der Waals surface area (Å²) in [6, 6.07) is 11.0. The molecule has 0 radical (unpaired) electrons. The van der Waals surface area contributed by atoms with Gasteiger partial charge in [0.2, 0.25) is 5.91 Å². The Hall–Kier alpha value is -3.35. The SMILES string of the molecule is O=C1[C@H]2Cc3c([nH]c4ccccc34)CN2C(=O)CN1/N=C/c1ccco1. The predicted octanol–water partition coefficient (Wildman–Crippen LogP) is 1.89. The molecule has 2 aliphatic rings. The van der Waals surface area contributed by atoms with Crippen LogP contribution in [-0.4, -0.2) is 45.5 Å². The highest BCUT2D eigenvalue weighted by molar-refractivity contribution is 5.97. The molecule has 1 saturated heterocycles. The number of hydrazone groups is 1. The lowest BCUT2D eigenvalue weighted by Gasteiger charge is -2.40. The number of carbonyl (C=O) groups is 2. The van der Waals surface area contributed by atoms with Gasteiger partial charge in [0.1, 0.15) is 18.3 Å². The number of para-hydroxylation sites is 1. The van der Waals surface area contributed by atoms with E-state index in [-0.39, 0.29) is 18.4 Å². The number of nitrogens with one attached hydrogen (secondary N) is 1.